The molecule has 22 heavy (non-hydrogen) atoms. The first kappa shape index (κ1) is 14.6. The fraction of sp³-hybridized carbons (Fsp3) is 0.333. The van der Waals surface area contributed by atoms with Crippen LogP contribution in [0.2, 0.25) is 0 Å². The lowest BCUT2D eigenvalue weighted by molar-refractivity contribution is 0.0526. The van der Waals surface area contributed by atoms with Crippen molar-refractivity contribution in [2.75, 3.05) is 18.5 Å². The Morgan fingerprint density at radius 2 is 2.09 bits per heavy atom. The second kappa shape index (κ2) is 5.79. The highest BCUT2D eigenvalue weighted by Crippen LogP contribution is 2.41. The lowest BCUT2D eigenvalue weighted by Gasteiger charge is -2.16. The predicted molar refractivity (Wildman–Crippen MR) is 87.3 cm³/mol. The van der Waals surface area contributed by atoms with E-state index >= 15 is 0 Å². The molecule has 0 radical (unpaired) electrons. The summed E-state index contributed by atoms with van der Waals surface area (Å²) in [6.45, 7) is 6.82. The van der Waals surface area contributed by atoms with Crippen molar-refractivity contribution in [1.29, 1.82) is 0 Å². The van der Waals surface area contributed by atoms with E-state index in [1.165, 1.54) is 5.56 Å². The second-order valence-electron chi connectivity index (χ2n) is 5.36. The largest absolute Gasteiger partial charge is 0.462 e. The summed E-state index contributed by atoms with van der Waals surface area (Å²) in [7, 11) is 0. The lowest BCUT2D eigenvalue weighted by Crippen LogP contribution is -2.15. The van der Waals surface area contributed by atoms with Crippen LogP contribution in [0.15, 0.2) is 24.3 Å². The van der Waals surface area contributed by atoms with Gasteiger partial charge in [-0.25, -0.2) is 4.79 Å². The molecule has 4 heteroatoms. The molecule has 0 saturated carbocycles. The summed E-state index contributed by atoms with van der Waals surface area (Å²) in [5, 5.41) is 3.35. The third-order valence-electron chi connectivity index (χ3n) is 3.95. The molecule has 0 spiro atoms. The SMILES string of the molecule is CCNc1c2c(nc(C)c1C(=O)OCC)-c1ccccc1C2. The molecule has 3 rings (SSSR count). The molecular formula is C18H20N2O2. The number of nitrogens with one attached hydrogen (secondary N) is 1. The lowest BCUT2D eigenvalue weighted by atomic mass is 10.0. The molecule has 4 nitrogen and oxygen atoms in total. The van der Waals surface area contributed by atoms with Gasteiger partial charge in [0.25, 0.3) is 0 Å². The third kappa shape index (κ3) is 2.25. The molecule has 114 valence electrons. The van der Waals surface area contributed by atoms with E-state index in [9.17, 15) is 4.79 Å². The molecule has 0 bridgehead atoms. The summed E-state index contributed by atoms with van der Waals surface area (Å²) in [4.78, 5) is 17.0. The van der Waals surface area contributed by atoms with Crippen molar-refractivity contribution in [3.63, 3.8) is 0 Å². The number of carbonyl (C=O) groups is 1. The number of aromatic nitrogens is 1. The van der Waals surface area contributed by atoms with Crippen molar-refractivity contribution in [1.82, 2.24) is 4.98 Å². The number of esters is 1. The molecule has 2 aromatic rings. The molecule has 1 heterocycles. The molecule has 0 saturated heterocycles. The summed E-state index contributed by atoms with van der Waals surface area (Å²) in [5.74, 6) is -0.304. The van der Waals surface area contributed by atoms with Crippen molar-refractivity contribution in [3.8, 4) is 11.3 Å². The van der Waals surface area contributed by atoms with Gasteiger partial charge in [-0.05, 0) is 26.3 Å². The first-order chi connectivity index (χ1) is 10.7. The summed E-state index contributed by atoms with van der Waals surface area (Å²) < 4.78 is 5.21. The Hall–Kier alpha value is -2.36. The van der Waals surface area contributed by atoms with Gasteiger partial charge >= 0.3 is 5.97 Å². The number of benzene rings is 1. The Morgan fingerprint density at radius 3 is 2.82 bits per heavy atom. The Bertz CT molecular complexity index is 738. The minimum Gasteiger partial charge on any atom is -0.462 e. The van der Waals surface area contributed by atoms with E-state index in [4.69, 9.17) is 9.72 Å². The number of aryl methyl sites for hydroxylation is 1. The van der Waals surface area contributed by atoms with E-state index in [1.54, 1.807) is 0 Å². The minimum atomic E-state index is -0.304. The molecule has 0 unspecified atom stereocenters. The van der Waals surface area contributed by atoms with Gasteiger partial charge in [0.05, 0.1) is 23.7 Å². The Labute approximate surface area is 130 Å². The van der Waals surface area contributed by atoms with E-state index in [-0.39, 0.29) is 5.97 Å². The molecule has 0 amide bonds. The Morgan fingerprint density at radius 1 is 1.32 bits per heavy atom. The fourth-order valence-corrected chi connectivity index (χ4v) is 3.06. The second-order valence-corrected chi connectivity index (χ2v) is 5.36. The molecule has 0 atom stereocenters. The Kier molecular flexibility index (Phi) is 3.84. The van der Waals surface area contributed by atoms with Crippen LogP contribution in [0.5, 0.6) is 0 Å². The van der Waals surface area contributed by atoms with E-state index in [0.29, 0.717) is 17.9 Å². The maximum Gasteiger partial charge on any atom is 0.342 e. The number of fused-ring (bicyclic) bond motifs is 3. The Balaban J connectivity index is 2.20. The van der Waals surface area contributed by atoms with Crippen molar-refractivity contribution in [2.24, 2.45) is 0 Å². The van der Waals surface area contributed by atoms with Gasteiger partial charge in [0, 0.05) is 24.1 Å². The maximum absolute atomic E-state index is 12.3. The van der Waals surface area contributed by atoms with Gasteiger partial charge in [0.1, 0.15) is 5.56 Å². The van der Waals surface area contributed by atoms with Gasteiger partial charge in [0.2, 0.25) is 0 Å². The number of pyridine rings is 1. The first-order valence-corrected chi connectivity index (χ1v) is 7.70. The highest BCUT2D eigenvalue weighted by molar-refractivity contribution is 5.99. The normalized spacial score (nSPS) is 11.8. The van der Waals surface area contributed by atoms with Crippen molar-refractivity contribution < 1.29 is 9.53 Å². The van der Waals surface area contributed by atoms with Crippen LogP contribution in [0.4, 0.5) is 5.69 Å². The van der Waals surface area contributed by atoms with Gasteiger partial charge in [-0.2, -0.15) is 0 Å². The van der Waals surface area contributed by atoms with Gasteiger partial charge in [-0.15, -0.1) is 0 Å². The average molecular weight is 296 g/mol. The number of hydrogen-bond donors (Lipinski definition) is 1. The molecule has 1 aliphatic carbocycles. The molecule has 1 N–H and O–H groups in total. The highest BCUT2D eigenvalue weighted by Gasteiger charge is 2.28. The van der Waals surface area contributed by atoms with Gasteiger partial charge in [-0.1, -0.05) is 24.3 Å². The van der Waals surface area contributed by atoms with Gasteiger partial charge in [0.15, 0.2) is 0 Å². The molecule has 1 aromatic carbocycles. The third-order valence-corrected chi connectivity index (χ3v) is 3.95. The van der Waals surface area contributed by atoms with Crippen molar-refractivity contribution in [3.05, 3.63) is 46.6 Å². The van der Waals surface area contributed by atoms with Crippen LogP contribution in [0, 0.1) is 6.92 Å². The van der Waals surface area contributed by atoms with Crippen LogP contribution in [0.3, 0.4) is 0 Å². The summed E-state index contributed by atoms with van der Waals surface area (Å²) in [6, 6.07) is 8.27. The average Bonchev–Trinajstić information content (AvgIpc) is 2.86. The van der Waals surface area contributed by atoms with Crippen LogP contribution in [-0.2, 0) is 11.2 Å². The summed E-state index contributed by atoms with van der Waals surface area (Å²) in [5.41, 5.74) is 6.65. The number of nitrogens with zero attached hydrogens (tertiary/aromatic N) is 1. The van der Waals surface area contributed by atoms with Gasteiger partial charge in [-0.3, -0.25) is 4.98 Å². The topological polar surface area (TPSA) is 51.2 Å². The van der Waals surface area contributed by atoms with Crippen LogP contribution < -0.4 is 5.32 Å². The van der Waals surface area contributed by atoms with Crippen molar-refractivity contribution in [2.45, 2.75) is 27.2 Å². The molecule has 0 aliphatic heterocycles. The number of ether oxygens (including phenoxy) is 1. The van der Waals surface area contributed by atoms with Crippen LogP contribution >= 0.6 is 0 Å². The minimum absolute atomic E-state index is 0.304. The van der Waals surface area contributed by atoms with Gasteiger partial charge < -0.3 is 10.1 Å². The van der Waals surface area contributed by atoms with E-state index < -0.39 is 0 Å². The maximum atomic E-state index is 12.3. The molecule has 1 aromatic heterocycles. The van der Waals surface area contributed by atoms with Crippen LogP contribution in [-0.4, -0.2) is 24.1 Å². The van der Waals surface area contributed by atoms with E-state index in [2.05, 4.69) is 17.4 Å². The zero-order valence-electron chi connectivity index (χ0n) is 13.2. The number of anilines is 1. The standard InChI is InChI=1S/C18H20N2O2/c1-4-19-17-14-10-12-8-6-7-9-13(12)16(14)20-11(3)15(17)18(21)22-5-2/h6-9H,4-5,10H2,1-3H3,(H,19,20). The first-order valence-electron chi connectivity index (χ1n) is 7.70. The molecule has 1 aliphatic rings. The predicted octanol–water partition coefficient (Wildman–Crippen LogP) is 3.57. The number of carbonyl (C=O) groups excluding carboxylic acids is 1. The zero-order valence-corrected chi connectivity index (χ0v) is 13.2. The summed E-state index contributed by atoms with van der Waals surface area (Å²) >= 11 is 0. The highest BCUT2D eigenvalue weighted by atomic mass is 16.5. The fourth-order valence-electron chi connectivity index (χ4n) is 3.06. The van der Waals surface area contributed by atoms with Crippen LogP contribution in [0.1, 0.15) is 41.0 Å². The summed E-state index contributed by atoms with van der Waals surface area (Å²) in [6.07, 6.45) is 0.799. The smallest absolute Gasteiger partial charge is 0.342 e. The van der Waals surface area contributed by atoms with Crippen molar-refractivity contribution >= 4 is 11.7 Å². The van der Waals surface area contributed by atoms with E-state index in [1.807, 2.05) is 32.9 Å². The molecule has 0 fully saturated rings. The monoisotopic (exact) mass is 296 g/mol. The van der Waals surface area contributed by atoms with Crippen LogP contribution in [0.25, 0.3) is 11.3 Å². The number of rotatable bonds is 4. The molecular weight excluding hydrogens is 276 g/mol. The zero-order chi connectivity index (χ0) is 15.7. The van der Waals surface area contributed by atoms with E-state index in [0.717, 1.165) is 35.5 Å². The number of hydrogen-bond acceptors (Lipinski definition) is 4. The quantitative estimate of drug-likeness (QED) is 0.748.